The van der Waals surface area contributed by atoms with E-state index in [9.17, 15) is 0 Å². The van der Waals surface area contributed by atoms with Crippen molar-refractivity contribution < 1.29 is 9.47 Å². The largest absolute Gasteiger partial charge is 0.496 e. The summed E-state index contributed by atoms with van der Waals surface area (Å²) in [5, 5.41) is 7.73. The normalized spacial score (nSPS) is 20.1. The van der Waals surface area contributed by atoms with Gasteiger partial charge in [0.2, 0.25) is 6.23 Å². The van der Waals surface area contributed by atoms with Crippen molar-refractivity contribution in [3.8, 4) is 11.5 Å². The molecule has 0 N–H and O–H groups in total. The molecule has 0 saturated heterocycles. The minimum absolute atomic E-state index is 0.105. The molecule has 3 aromatic rings. The lowest BCUT2D eigenvalue weighted by atomic mass is 9.96. The molecule has 0 fully saturated rings. The van der Waals surface area contributed by atoms with Gasteiger partial charge in [0, 0.05) is 17.0 Å². The smallest absolute Gasteiger partial charge is 0.217 e. The highest BCUT2D eigenvalue weighted by Crippen LogP contribution is 2.48. The highest BCUT2D eigenvalue weighted by molar-refractivity contribution is 6.31. The van der Waals surface area contributed by atoms with Crippen LogP contribution in [-0.2, 0) is 0 Å². The molecular formula is C23H19ClN2O2. The van der Waals surface area contributed by atoms with Crippen LogP contribution in [0.4, 0.5) is 0 Å². The van der Waals surface area contributed by atoms with Gasteiger partial charge in [0.25, 0.3) is 0 Å². The first-order chi connectivity index (χ1) is 13.7. The molecule has 0 amide bonds. The van der Waals surface area contributed by atoms with Crippen LogP contribution in [0.3, 0.4) is 0 Å². The number of methoxy groups -OCH3 is 1. The van der Waals surface area contributed by atoms with Gasteiger partial charge in [-0.05, 0) is 35.9 Å². The molecule has 2 heterocycles. The van der Waals surface area contributed by atoms with Crippen LogP contribution in [0.2, 0.25) is 5.02 Å². The lowest BCUT2D eigenvalue weighted by molar-refractivity contribution is -0.0203. The maximum atomic E-state index is 6.40. The Balaban J connectivity index is 1.62. The quantitative estimate of drug-likeness (QED) is 0.584. The zero-order valence-corrected chi connectivity index (χ0v) is 16.1. The van der Waals surface area contributed by atoms with E-state index in [1.54, 1.807) is 7.11 Å². The SMILES string of the molecule is COc1ccccc1[C@@H]1Oc2ccccc2[C@@H]2CC(c3cccc(Cl)c3)=NN21. The van der Waals surface area contributed by atoms with E-state index in [0.717, 1.165) is 40.3 Å². The van der Waals surface area contributed by atoms with E-state index in [1.807, 2.05) is 66.7 Å². The number of rotatable bonds is 3. The van der Waals surface area contributed by atoms with E-state index in [1.165, 1.54) is 0 Å². The molecule has 28 heavy (non-hydrogen) atoms. The molecule has 0 unspecified atom stereocenters. The highest BCUT2D eigenvalue weighted by Gasteiger charge is 2.41. The predicted octanol–water partition coefficient (Wildman–Crippen LogP) is 5.59. The zero-order valence-electron chi connectivity index (χ0n) is 15.4. The van der Waals surface area contributed by atoms with Crippen molar-refractivity contribution in [2.75, 3.05) is 7.11 Å². The average Bonchev–Trinajstić information content (AvgIpc) is 3.19. The van der Waals surface area contributed by atoms with Crippen molar-refractivity contribution in [1.29, 1.82) is 0 Å². The van der Waals surface area contributed by atoms with Crippen molar-refractivity contribution in [3.05, 3.63) is 94.5 Å². The van der Waals surface area contributed by atoms with Gasteiger partial charge >= 0.3 is 0 Å². The summed E-state index contributed by atoms with van der Waals surface area (Å²) < 4.78 is 12.0. The molecule has 2 atom stereocenters. The molecule has 5 rings (SSSR count). The van der Waals surface area contributed by atoms with Crippen LogP contribution in [0.1, 0.15) is 35.4 Å². The summed E-state index contributed by atoms with van der Waals surface area (Å²) in [6.07, 6.45) is 0.444. The van der Waals surface area contributed by atoms with Gasteiger partial charge in [0.05, 0.1) is 24.4 Å². The number of hydrogen-bond donors (Lipinski definition) is 0. The predicted molar refractivity (Wildman–Crippen MR) is 110 cm³/mol. The standard InChI is InChI=1S/C23H19ClN2O2/c1-27-21-11-4-3-10-18(21)23-26-20(17-9-2-5-12-22(17)28-23)14-19(25-26)15-7-6-8-16(24)13-15/h2-13,20,23H,14H2,1H3/t20-,23-/m0/s1. The van der Waals surface area contributed by atoms with Crippen molar-refractivity contribution in [1.82, 2.24) is 5.01 Å². The van der Waals surface area contributed by atoms with Crippen LogP contribution >= 0.6 is 11.6 Å². The lowest BCUT2D eigenvalue weighted by Crippen LogP contribution is -2.33. The van der Waals surface area contributed by atoms with E-state index in [-0.39, 0.29) is 12.3 Å². The number of hydrazone groups is 1. The summed E-state index contributed by atoms with van der Waals surface area (Å²) >= 11 is 6.21. The van der Waals surface area contributed by atoms with Crippen LogP contribution in [0, 0.1) is 0 Å². The van der Waals surface area contributed by atoms with Gasteiger partial charge < -0.3 is 9.47 Å². The summed E-state index contributed by atoms with van der Waals surface area (Å²) in [6, 6.07) is 24.1. The van der Waals surface area contributed by atoms with Gasteiger partial charge in [-0.2, -0.15) is 5.10 Å². The number of hydrogen-bond acceptors (Lipinski definition) is 4. The van der Waals surface area contributed by atoms with Crippen LogP contribution in [0.15, 0.2) is 77.9 Å². The molecule has 3 aromatic carbocycles. The fourth-order valence-corrected chi connectivity index (χ4v) is 4.14. The van der Waals surface area contributed by atoms with Crippen LogP contribution < -0.4 is 9.47 Å². The Bertz CT molecular complexity index is 1070. The van der Waals surface area contributed by atoms with Crippen molar-refractivity contribution in [3.63, 3.8) is 0 Å². The number of benzene rings is 3. The third kappa shape index (κ3) is 2.81. The van der Waals surface area contributed by atoms with E-state index < -0.39 is 0 Å². The van der Waals surface area contributed by atoms with Crippen LogP contribution in [0.25, 0.3) is 0 Å². The van der Waals surface area contributed by atoms with Gasteiger partial charge in [0.1, 0.15) is 11.5 Å². The number of para-hydroxylation sites is 2. The molecule has 2 aliphatic heterocycles. The second kappa shape index (κ2) is 6.88. The van der Waals surface area contributed by atoms with E-state index in [0.29, 0.717) is 5.02 Å². The number of halogens is 1. The lowest BCUT2D eigenvalue weighted by Gasteiger charge is -2.38. The first-order valence-electron chi connectivity index (χ1n) is 9.25. The minimum Gasteiger partial charge on any atom is -0.496 e. The summed E-state index contributed by atoms with van der Waals surface area (Å²) in [6.45, 7) is 0. The van der Waals surface area contributed by atoms with Crippen molar-refractivity contribution in [2.24, 2.45) is 5.10 Å². The molecule has 140 valence electrons. The summed E-state index contributed by atoms with van der Waals surface area (Å²) in [5.41, 5.74) is 4.15. The molecule has 0 radical (unpaired) electrons. The third-order valence-electron chi connectivity index (χ3n) is 5.26. The van der Waals surface area contributed by atoms with Crippen LogP contribution in [0.5, 0.6) is 11.5 Å². The molecule has 5 heteroatoms. The Morgan fingerprint density at radius 3 is 2.61 bits per heavy atom. The topological polar surface area (TPSA) is 34.1 Å². The molecule has 0 aromatic heterocycles. The summed E-state index contributed by atoms with van der Waals surface area (Å²) in [4.78, 5) is 0. The summed E-state index contributed by atoms with van der Waals surface area (Å²) in [5.74, 6) is 1.68. The zero-order chi connectivity index (χ0) is 19.1. The van der Waals surface area contributed by atoms with Crippen molar-refractivity contribution >= 4 is 17.3 Å². The molecule has 0 bridgehead atoms. The van der Waals surface area contributed by atoms with Crippen LogP contribution in [-0.4, -0.2) is 17.8 Å². The number of ether oxygens (including phenoxy) is 2. The van der Waals surface area contributed by atoms with Gasteiger partial charge in [0.15, 0.2) is 0 Å². The Labute approximate surface area is 169 Å². The maximum Gasteiger partial charge on any atom is 0.217 e. The Kier molecular flexibility index (Phi) is 4.21. The maximum absolute atomic E-state index is 6.40. The highest BCUT2D eigenvalue weighted by atomic mass is 35.5. The van der Waals surface area contributed by atoms with Gasteiger partial charge in [-0.15, -0.1) is 0 Å². The fourth-order valence-electron chi connectivity index (χ4n) is 3.95. The van der Waals surface area contributed by atoms with Gasteiger partial charge in [-0.1, -0.05) is 54.1 Å². The first-order valence-corrected chi connectivity index (χ1v) is 9.62. The minimum atomic E-state index is -0.354. The second-order valence-electron chi connectivity index (χ2n) is 6.91. The Hall–Kier alpha value is -2.98. The third-order valence-corrected chi connectivity index (χ3v) is 5.50. The number of nitrogens with zero attached hydrogens (tertiary/aromatic N) is 2. The molecular weight excluding hydrogens is 372 g/mol. The molecule has 0 aliphatic carbocycles. The summed E-state index contributed by atoms with van der Waals surface area (Å²) in [7, 11) is 1.68. The fraction of sp³-hybridized carbons (Fsp3) is 0.174. The molecule has 0 saturated carbocycles. The van der Waals surface area contributed by atoms with E-state index in [2.05, 4.69) is 11.1 Å². The van der Waals surface area contributed by atoms with Gasteiger partial charge in [-0.25, -0.2) is 5.01 Å². The molecule has 2 aliphatic rings. The van der Waals surface area contributed by atoms with E-state index >= 15 is 0 Å². The van der Waals surface area contributed by atoms with Gasteiger partial charge in [-0.3, -0.25) is 0 Å². The molecule has 4 nitrogen and oxygen atoms in total. The van der Waals surface area contributed by atoms with E-state index in [4.69, 9.17) is 26.2 Å². The molecule has 0 spiro atoms. The first kappa shape index (κ1) is 17.1. The second-order valence-corrected chi connectivity index (χ2v) is 7.34. The van der Waals surface area contributed by atoms with Crippen molar-refractivity contribution in [2.45, 2.75) is 18.7 Å². The average molecular weight is 391 g/mol. The Morgan fingerprint density at radius 1 is 1.00 bits per heavy atom. The number of fused-ring (bicyclic) bond motifs is 3. The Morgan fingerprint density at radius 2 is 1.79 bits per heavy atom. The monoisotopic (exact) mass is 390 g/mol.